The molecule has 5 nitrogen and oxygen atoms in total. The van der Waals surface area contributed by atoms with Gasteiger partial charge in [-0.2, -0.15) is 0 Å². The normalized spacial score (nSPS) is 11.5. The summed E-state index contributed by atoms with van der Waals surface area (Å²) in [6.07, 6.45) is -0.625. The van der Waals surface area contributed by atoms with Gasteiger partial charge in [0.1, 0.15) is 42.0 Å². The van der Waals surface area contributed by atoms with Crippen LogP contribution in [0.5, 0.6) is 0 Å². The number of furan rings is 3. The van der Waals surface area contributed by atoms with Crippen LogP contribution in [0.1, 0.15) is 40.9 Å². The molecule has 3 rings (SSSR count). The van der Waals surface area contributed by atoms with E-state index in [9.17, 15) is 0 Å². The Labute approximate surface area is 134 Å². The van der Waals surface area contributed by atoms with Gasteiger partial charge < -0.3 is 22.7 Å². The van der Waals surface area contributed by atoms with Crippen LogP contribution in [0.15, 0.2) is 49.6 Å². The second-order valence-electron chi connectivity index (χ2n) is 5.43. The Hall–Kier alpha value is -2.24. The van der Waals surface area contributed by atoms with Gasteiger partial charge in [0.05, 0.1) is 0 Å². The molecule has 0 amide bonds. The van der Waals surface area contributed by atoms with Crippen molar-refractivity contribution in [3.05, 3.63) is 71.0 Å². The van der Waals surface area contributed by atoms with Crippen LogP contribution < -0.4 is 0 Å². The lowest BCUT2D eigenvalue weighted by Crippen LogP contribution is -2.08. The van der Waals surface area contributed by atoms with Crippen LogP contribution in [0.2, 0.25) is 0 Å². The monoisotopic (exact) mass is 316 g/mol. The SMILES string of the molecule is Cc1ccc(COC(OCc2ccc(C)o2)c2ccc(C)o2)o1. The molecule has 0 saturated carbocycles. The maximum absolute atomic E-state index is 5.82. The largest absolute Gasteiger partial charge is 0.464 e. The first-order valence-corrected chi connectivity index (χ1v) is 7.50. The molecule has 23 heavy (non-hydrogen) atoms. The highest BCUT2D eigenvalue weighted by molar-refractivity contribution is 5.08. The highest BCUT2D eigenvalue weighted by Gasteiger charge is 2.18. The summed E-state index contributed by atoms with van der Waals surface area (Å²) in [6.45, 7) is 6.27. The van der Waals surface area contributed by atoms with Gasteiger partial charge >= 0.3 is 0 Å². The molecule has 0 aromatic carbocycles. The minimum atomic E-state index is -0.625. The average molecular weight is 316 g/mol. The van der Waals surface area contributed by atoms with Crippen LogP contribution in [0, 0.1) is 20.8 Å². The van der Waals surface area contributed by atoms with E-state index in [4.69, 9.17) is 22.7 Å². The summed E-state index contributed by atoms with van der Waals surface area (Å²) in [4.78, 5) is 0. The summed E-state index contributed by atoms with van der Waals surface area (Å²) in [5.74, 6) is 4.61. The third-order valence-electron chi connectivity index (χ3n) is 3.34. The lowest BCUT2D eigenvalue weighted by atomic mass is 10.4. The molecule has 0 fully saturated rings. The van der Waals surface area contributed by atoms with E-state index in [1.54, 1.807) is 0 Å². The quantitative estimate of drug-likeness (QED) is 0.585. The zero-order valence-corrected chi connectivity index (χ0v) is 13.5. The second kappa shape index (κ2) is 6.89. The average Bonchev–Trinajstić information content (AvgIpc) is 3.22. The van der Waals surface area contributed by atoms with Crippen molar-refractivity contribution in [3.8, 4) is 0 Å². The van der Waals surface area contributed by atoms with Crippen LogP contribution in [0.25, 0.3) is 0 Å². The lowest BCUT2D eigenvalue weighted by molar-refractivity contribution is -0.176. The fourth-order valence-corrected chi connectivity index (χ4v) is 2.23. The van der Waals surface area contributed by atoms with Crippen LogP contribution in [-0.2, 0) is 22.7 Å². The molecule has 3 aromatic rings. The Morgan fingerprint density at radius 2 is 1.17 bits per heavy atom. The van der Waals surface area contributed by atoms with E-state index < -0.39 is 6.29 Å². The van der Waals surface area contributed by atoms with Crippen molar-refractivity contribution in [1.82, 2.24) is 0 Å². The van der Waals surface area contributed by atoms with Crippen molar-refractivity contribution in [2.45, 2.75) is 40.3 Å². The number of ether oxygens (including phenoxy) is 2. The van der Waals surface area contributed by atoms with E-state index in [0.29, 0.717) is 19.0 Å². The molecule has 122 valence electrons. The maximum Gasteiger partial charge on any atom is 0.218 e. The van der Waals surface area contributed by atoms with E-state index in [2.05, 4.69) is 0 Å². The van der Waals surface area contributed by atoms with Crippen molar-refractivity contribution in [2.75, 3.05) is 0 Å². The predicted molar refractivity (Wildman–Crippen MR) is 82.7 cm³/mol. The fraction of sp³-hybridized carbons (Fsp3) is 0.333. The number of aryl methyl sites for hydroxylation is 3. The predicted octanol–water partition coefficient (Wildman–Crippen LogP) is 4.82. The van der Waals surface area contributed by atoms with E-state index >= 15 is 0 Å². The molecule has 0 unspecified atom stereocenters. The Kier molecular flexibility index (Phi) is 4.69. The highest BCUT2D eigenvalue weighted by atomic mass is 16.7. The number of hydrogen-bond acceptors (Lipinski definition) is 5. The molecule has 3 aromatic heterocycles. The topological polar surface area (TPSA) is 57.9 Å². The first-order valence-electron chi connectivity index (χ1n) is 7.50. The molecule has 5 heteroatoms. The van der Waals surface area contributed by atoms with Crippen molar-refractivity contribution in [1.29, 1.82) is 0 Å². The smallest absolute Gasteiger partial charge is 0.218 e. The van der Waals surface area contributed by atoms with E-state index in [1.807, 2.05) is 57.2 Å². The molecule has 3 heterocycles. The zero-order chi connectivity index (χ0) is 16.2. The summed E-state index contributed by atoms with van der Waals surface area (Å²) in [5.41, 5.74) is 0. The van der Waals surface area contributed by atoms with Gasteiger partial charge in [-0.1, -0.05) is 0 Å². The van der Waals surface area contributed by atoms with Gasteiger partial charge in [0.15, 0.2) is 5.76 Å². The van der Waals surface area contributed by atoms with Crippen molar-refractivity contribution in [2.24, 2.45) is 0 Å². The van der Waals surface area contributed by atoms with E-state index in [1.165, 1.54) is 0 Å². The molecule has 0 aliphatic carbocycles. The number of rotatable bonds is 7. The minimum Gasteiger partial charge on any atom is -0.464 e. The van der Waals surface area contributed by atoms with Crippen LogP contribution in [0.3, 0.4) is 0 Å². The first kappa shape index (κ1) is 15.6. The van der Waals surface area contributed by atoms with Crippen molar-refractivity contribution >= 4 is 0 Å². The Morgan fingerprint density at radius 3 is 1.57 bits per heavy atom. The molecule has 0 aliphatic heterocycles. The summed E-state index contributed by atoms with van der Waals surface area (Å²) >= 11 is 0. The van der Waals surface area contributed by atoms with Gasteiger partial charge in [-0.05, 0) is 57.2 Å². The highest BCUT2D eigenvalue weighted by Crippen LogP contribution is 2.25. The standard InChI is InChI=1S/C18H20O5/c1-12-4-7-15(21-12)10-19-18(17-9-6-14(3)23-17)20-11-16-8-5-13(2)22-16/h4-9,18H,10-11H2,1-3H3. The summed E-state index contributed by atoms with van der Waals surface area (Å²) in [7, 11) is 0. The van der Waals surface area contributed by atoms with Crippen molar-refractivity contribution in [3.63, 3.8) is 0 Å². The van der Waals surface area contributed by atoms with Gasteiger partial charge in [-0.3, -0.25) is 0 Å². The van der Waals surface area contributed by atoms with Gasteiger partial charge in [-0.15, -0.1) is 0 Å². The summed E-state index contributed by atoms with van der Waals surface area (Å²) in [5, 5.41) is 0. The molecule has 0 spiro atoms. The lowest BCUT2D eigenvalue weighted by Gasteiger charge is -2.15. The molecule has 0 bridgehead atoms. The molecule has 0 atom stereocenters. The third-order valence-corrected chi connectivity index (χ3v) is 3.34. The van der Waals surface area contributed by atoms with Crippen LogP contribution >= 0.6 is 0 Å². The first-order chi connectivity index (χ1) is 11.1. The molecule has 0 saturated heterocycles. The van der Waals surface area contributed by atoms with Gasteiger partial charge in [-0.25, -0.2) is 0 Å². The fourth-order valence-electron chi connectivity index (χ4n) is 2.23. The summed E-state index contributed by atoms with van der Waals surface area (Å²) < 4.78 is 28.3. The Morgan fingerprint density at radius 1 is 0.696 bits per heavy atom. The van der Waals surface area contributed by atoms with Crippen LogP contribution in [0.4, 0.5) is 0 Å². The summed E-state index contributed by atoms with van der Waals surface area (Å²) in [6, 6.07) is 11.3. The molecule has 0 radical (unpaired) electrons. The second-order valence-corrected chi connectivity index (χ2v) is 5.43. The van der Waals surface area contributed by atoms with Gasteiger partial charge in [0.25, 0.3) is 0 Å². The van der Waals surface area contributed by atoms with E-state index in [-0.39, 0.29) is 0 Å². The maximum atomic E-state index is 5.82. The van der Waals surface area contributed by atoms with Gasteiger partial charge in [0.2, 0.25) is 6.29 Å². The molecular weight excluding hydrogens is 296 g/mol. The Bertz CT molecular complexity index is 705. The van der Waals surface area contributed by atoms with Gasteiger partial charge in [0, 0.05) is 0 Å². The molecule has 0 N–H and O–H groups in total. The molecule has 0 aliphatic rings. The van der Waals surface area contributed by atoms with Crippen molar-refractivity contribution < 1.29 is 22.7 Å². The number of hydrogen-bond donors (Lipinski definition) is 0. The third kappa shape index (κ3) is 4.15. The zero-order valence-electron chi connectivity index (χ0n) is 13.5. The minimum absolute atomic E-state index is 0.301. The Balaban J connectivity index is 1.65. The van der Waals surface area contributed by atoms with E-state index in [0.717, 1.165) is 28.8 Å². The molecular formula is C18H20O5. The van der Waals surface area contributed by atoms with Crippen LogP contribution in [-0.4, -0.2) is 0 Å².